The van der Waals surface area contributed by atoms with Crippen molar-refractivity contribution in [3.05, 3.63) is 66.1 Å². The first-order valence-corrected chi connectivity index (χ1v) is 9.39. The zero-order chi connectivity index (χ0) is 18.6. The Bertz CT molecular complexity index is 944. The highest BCUT2D eigenvalue weighted by atomic mass is 16.5. The number of aryl methyl sites for hydroxylation is 1. The van der Waals surface area contributed by atoms with Crippen LogP contribution in [0.4, 0.5) is 5.69 Å². The molecule has 1 amide bonds. The van der Waals surface area contributed by atoms with Crippen molar-refractivity contribution in [1.29, 1.82) is 0 Å². The number of aromatic nitrogens is 2. The van der Waals surface area contributed by atoms with Crippen molar-refractivity contribution in [1.82, 2.24) is 9.55 Å². The van der Waals surface area contributed by atoms with Gasteiger partial charge in [-0.15, -0.1) is 0 Å². The normalized spacial score (nSPS) is 12.6. The summed E-state index contributed by atoms with van der Waals surface area (Å²) in [6.07, 6.45) is 4.45. The average molecular weight is 361 g/mol. The summed E-state index contributed by atoms with van der Waals surface area (Å²) in [6, 6.07) is 15.6. The quantitative estimate of drug-likeness (QED) is 0.720. The highest BCUT2D eigenvalue weighted by Crippen LogP contribution is 2.27. The molecule has 138 valence electrons. The van der Waals surface area contributed by atoms with E-state index in [1.54, 1.807) is 0 Å². The maximum Gasteiger partial charge on any atom is 0.228 e. The van der Waals surface area contributed by atoms with Crippen LogP contribution in [0.15, 0.2) is 54.7 Å². The number of nitrogens with one attached hydrogen (secondary N) is 1. The largest absolute Gasteiger partial charge is 0.494 e. The molecule has 3 aromatic rings. The maximum atomic E-state index is 12.4. The van der Waals surface area contributed by atoms with Crippen LogP contribution in [0.5, 0.6) is 5.75 Å². The van der Waals surface area contributed by atoms with Crippen molar-refractivity contribution >= 4 is 11.6 Å². The summed E-state index contributed by atoms with van der Waals surface area (Å²) >= 11 is 0. The van der Waals surface area contributed by atoms with Crippen molar-refractivity contribution in [2.45, 2.75) is 32.7 Å². The first-order chi connectivity index (χ1) is 13.2. The van der Waals surface area contributed by atoms with Gasteiger partial charge in [-0.25, -0.2) is 4.98 Å². The Labute approximate surface area is 159 Å². The Hall–Kier alpha value is -3.08. The monoisotopic (exact) mass is 361 g/mol. The van der Waals surface area contributed by atoms with Crippen LogP contribution in [0.3, 0.4) is 0 Å². The molecular formula is C22H23N3O2. The Morgan fingerprint density at radius 2 is 2.07 bits per heavy atom. The highest BCUT2D eigenvalue weighted by molar-refractivity contribution is 5.92. The minimum Gasteiger partial charge on any atom is -0.494 e. The van der Waals surface area contributed by atoms with Gasteiger partial charge in [-0.2, -0.15) is 0 Å². The number of ether oxygens (including phenoxy) is 1. The molecule has 0 atom stereocenters. The first-order valence-electron chi connectivity index (χ1n) is 9.39. The number of imidazole rings is 1. The zero-order valence-electron chi connectivity index (χ0n) is 15.4. The van der Waals surface area contributed by atoms with Crippen LogP contribution < -0.4 is 10.1 Å². The van der Waals surface area contributed by atoms with Crippen molar-refractivity contribution in [3.63, 3.8) is 0 Å². The molecular weight excluding hydrogens is 338 g/mol. The number of rotatable bonds is 6. The van der Waals surface area contributed by atoms with Crippen LogP contribution in [-0.2, 0) is 24.2 Å². The van der Waals surface area contributed by atoms with Gasteiger partial charge < -0.3 is 14.6 Å². The Morgan fingerprint density at radius 3 is 2.89 bits per heavy atom. The number of amides is 1. The van der Waals surface area contributed by atoms with E-state index in [1.807, 2.05) is 55.6 Å². The van der Waals surface area contributed by atoms with Gasteiger partial charge in [-0.3, -0.25) is 4.79 Å². The van der Waals surface area contributed by atoms with Crippen LogP contribution >= 0.6 is 0 Å². The van der Waals surface area contributed by atoms with Gasteiger partial charge in [0.25, 0.3) is 0 Å². The molecule has 5 nitrogen and oxygen atoms in total. The second-order valence-electron chi connectivity index (χ2n) is 6.70. The molecule has 2 heterocycles. The SMILES string of the molecule is CCOc1ccc(CC(=O)Nc2cccc(-c3cnc4n3CCC4)c2)cc1. The Morgan fingerprint density at radius 1 is 1.22 bits per heavy atom. The molecule has 0 radical (unpaired) electrons. The smallest absolute Gasteiger partial charge is 0.228 e. The fraction of sp³-hybridized carbons (Fsp3) is 0.273. The number of benzene rings is 2. The van der Waals surface area contributed by atoms with Crippen molar-refractivity contribution in [2.75, 3.05) is 11.9 Å². The summed E-state index contributed by atoms with van der Waals surface area (Å²) in [7, 11) is 0. The van der Waals surface area contributed by atoms with E-state index < -0.39 is 0 Å². The zero-order valence-corrected chi connectivity index (χ0v) is 15.4. The third-order valence-corrected chi connectivity index (χ3v) is 4.76. The predicted octanol–water partition coefficient (Wildman–Crippen LogP) is 4.08. The van der Waals surface area contributed by atoms with Crippen LogP contribution in [0.2, 0.25) is 0 Å². The van der Waals surface area contributed by atoms with Gasteiger partial charge in [-0.05, 0) is 43.2 Å². The minimum absolute atomic E-state index is 0.0326. The van der Waals surface area contributed by atoms with E-state index in [0.29, 0.717) is 13.0 Å². The van der Waals surface area contributed by atoms with Gasteiger partial charge in [0.2, 0.25) is 5.91 Å². The lowest BCUT2D eigenvalue weighted by molar-refractivity contribution is -0.115. The average Bonchev–Trinajstić information content (AvgIpc) is 3.27. The lowest BCUT2D eigenvalue weighted by Crippen LogP contribution is -2.14. The van der Waals surface area contributed by atoms with Crippen LogP contribution in [0.1, 0.15) is 24.7 Å². The van der Waals surface area contributed by atoms with Gasteiger partial charge in [0, 0.05) is 24.2 Å². The summed E-state index contributed by atoms with van der Waals surface area (Å²) < 4.78 is 7.70. The van der Waals surface area contributed by atoms with E-state index in [2.05, 4.69) is 20.9 Å². The molecule has 0 saturated heterocycles. The topological polar surface area (TPSA) is 56.1 Å². The third kappa shape index (κ3) is 3.87. The molecule has 0 fully saturated rings. The van der Waals surface area contributed by atoms with E-state index in [1.165, 1.54) is 0 Å². The molecule has 0 unspecified atom stereocenters. The highest BCUT2D eigenvalue weighted by Gasteiger charge is 2.16. The van der Waals surface area contributed by atoms with Crippen LogP contribution in [0.25, 0.3) is 11.3 Å². The van der Waals surface area contributed by atoms with E-state index in [4.69, 9.17) is 4.74 Å². The van der Waals surface area contributed by atoms with Gasteiger partial charge in [0.15, 0.2) is 0 Å². The molecule has 27 heavy (non-hydrogen) atoms. The predicted molar refractivity (Wildman–Crippen MR) is 106 cm³/mol. The number of carbonyl (C=O) groups is 1. The molecule has 0 spiro atoms. The second kappa shape index (κ2) is 7.66. The number of fused-ring (bicyclic) bond motifs is 1. The van der Waals surface area contributed by atoms with Crippen LogP contribution in [-0.4, -0.2) is 22.1 Å². The van der Waals surface area contributed by atoms with E-state index in [0.717, 1.165) is 53.5 Å². The van der Waals surface area contributed by atoms with E-state index in [9.17, 15) is 4.79 Å². The van der Waals surface area contributed by atoms with Gasteiger partial charge in [0.1, 0.15) is 11.6 Å². The fourth-order valence-corrected chi connectivity index (χ4v) is 3.51. The lowest BCUT2D eigenvalue weighted by atomic mass is 10.1. The minimum atomic E-state index is -0.0326. The fourth-order valence-electron chi connectivity index (χ4n) is 3.51. The van der Waals surface area contributed by atoms with E-state index >= 15 is 0 Å². The standard InChI is InChI=1S/C22H23N3O2/c1-2-27-19-10-8-16(9-11-19)13-22(26)24-18-6-3-5-17(14-18)20-15-23-21-7-4-12-25(20)21/h3,5-6,8-11,14-15H,2,4,7,12-13H2,1H3,(H,24,26). The van der Waals surface area contributed by atoms with E-state index in [-0.39, 0.29) is 5.91 Å². The third-order valence-electron chi connectivity index (χ3n) is 4.76. The molecule has 4 rings (SSSR count). The summed E-state index contributed by atoms with van der Waals surface area (Å²) in [5, 5.41) is 3.00. The van der Waals surface area contributed by atoms with Gasteiger partial charge in [-0.1, -0.05) is 24.3 Å². The molecule has 1 aliphatic heterocycles. The summed E-state index contributed by atoms with van der Waals surface area (Å²) in [4.78, 5) is 16.9. The molecule has 5 heteroatoms. The number of anilines is 1. The number of hydrogen-bond acceptors (Lipinski definition) is 3. The Kier molecular flexibility index (Phi) is 4.92. The summed E-state index contributed by atoms with van der Waals surface area (Å²) in [5.41, 5.74) is 3.96. The number of carbonyl (C=O) groups excluding carboxylic acids is 1. The van der Waals surface area contributed by atoms with Gasteiger partial charge in [0.05, 0.1) is 24.9 Å². The Balaban J connectivity index is 1.44. The molecule has 0 aliphatic carbocycles. The molecule has 1 N–H and O–H groups in total. The molecule has 1 aliphatic rings. The molecule has 0 saturated carbocycles. The van der Waals surface area contributed by atoms with Crippen molar-refractivity contribution in [3.8, 4) is 17.0 Å². The van der Waals surface area contributed by atoms with Crippen molar-refractivity contribution < 1.29 is 9.53 Å². The van der Waals surface area contributed by atoms with Crippen molar-refractivity contribution in [2.24, 2.45) is 0 Å². The number of hydrogen-bond donors (Lipinski definition) is 1. The molecule has 1 aromatic heterocycles. The molecule has 2 aromatic carbocycles. The first kappa shape index (κ1) is 17.3. The lowest BCUT2D eigenvalue weighted by Gasteiger charge is -2.09. The maximum absolute atomic E-state index is 12.4. The summed E-state index contributed by atoms with van der Waals surface area (Å²) in [5.74, 6) is 1.94. The van der Waals surface area contributed by atoms with Gasteiger partial charge >= 0.3 is 0 Å². The van der Waals surface area contributed by atoms with Crippen LogP contribution in [0, 0.1) is 0 Å². The second-order valence-corrected chi connectivity index (χ2v) is 6.70. The summed E-state index contributed by atoms with van der Waals surface area (Å²) in [6.45, 7) is 3.60. The molecule has 0 bridgehead atoms. The number of nitrogens with zero attached hydrogens (tertiary/aromatic N) is 2.